The molecule has 0 saturated heterocycles. The zero-order chi connectivity index (χ0) is 17.7. The number of ether oxygens (including phenoxy) is 2. The van der Waals surface area contributed by atoms with Gasteiger partial charge in [-0.1, -0.05) is 18.2 Å². The number of Topliss-reactive ketones (excluding diaryl/α,β-unsaturated/α-hetero) is 1. The molecule has 0 aliphatic carbocycles. The van der Waals surface area contributed by atoms with Crippen LogP contribution in [-0.2, 0) is 16.6 Å². The van der Waals surface area contributed by atoms with E-state index in [0.29, 0.717) is 11.3 Å². The number of esters is 1. The minimum absolute atomic E-state index is 0.213. The first-order valence-corrected chi connectivity index (χ1v) is 7.58. The number of ketones is 1. The van der Waals surface area contributed by atoms with E-state index in [4.69, 9.17) is 9.47 Å². The fraction of sp³-hybridized carbons (Fsp3) is 0.263. The van der Waals surface area contributed by atoms with Gasteiger partial charge in [0.2, 0.25) is 5.78 Å². The van der Waals surface area contributed by atoms with Gasteiger partial charge in [-0.15, -0.1) is 0 Å². The van der Waals surface area contributed by atoms with Crippen molar-refractivity contribution in [1.82, 2.24) is 4.57 Å². The lowest BCUT2D eigenvalue weighted by Gasteiger charge is -2.04. The summed E-state index contributed by atoms with van der Waals surface area (Å²) in [5, 5.41) is 0. The second-order valence-corrected chi connectivity index (χ2v) is 5.45. The topological polar surface area (TPSA) is 57.5 Å². The number of rotatable bonds is 6. The van der Waals surface area contributed by atoms with Crippen LogP contribution >= 0.6 is 0 Å². The molecule has 24 heavy (non-hydrogen) atoms. The average molecular weight is 327 g/mol. The zero-order valence-electron chi connectivity index (χ0n) is 14.3. The molecule has 0 amide bonds. The number of benzene rings is 1. The van der Waals surface area contributed by atoms with Crippen molar-refractivity contribution in [2.24, 2.45) is 7.05 Å². The highest BCUT2D eigenvalue weighted by Crippen LogP contribution is 2.18. The second-order valence-electron chi connectivity index (χ2n) is 5.45. The number of para-hydroxylation sites is 1. The van der Waals surface area contributed by atoms with E-state index in [0.717, 1.165) is 17.0 Å². The van der Waals surface area contributed by atoms with Gasteiger partial charge in [0.15, 0.2) is 6.61 Å². The van der Waals surface area contributed by atoms with Crippen LogP contribution < -0.4 is 4.74 Å². The van der Waals surface area contributed by atoms with E-state index in [-0.39, 0.29) is 12.4 Å². The van der Waals surface area contributed by atoms with Crippen LogP contribution in [0, 0.1) is 13.8 Å². The first-order valence-electron chi connectivity index (χ1n) is 7.58. The van der Waals surface area contributed by atoms with Crippen molar-refractivity contribution in [3.05, 3.63) is 58.9 Å². The third-order valence-electron chi connectivity index (χ3n) is 3.96. The lowest BCUT2D eigenvalue weighted by molar-refractivity contribution is -0.136. The van der Waals surface area contributed by atoms with Crippen molar-refractivity contribution in [2.45, 2.75) is 13.8 Å². The van der Waals surface area contributed by atoms with E-state index >= 15 is 0 Å². The Hall–Kier alpha value is -2.82. The molecular weight excluding hydrogens is 306 g/mol. The molecule has 0 spiro atoms. The molecule has 0 fully saturated rings. The van der Waals surface area contributed by atoms with Gasteiger partial charge >= 0.3 is 5.97 Å². The predicted molar refractivity (Wildman–Crippen MR) is 92.2 cm³/mol. The third kappa shape index (κ3) is 3.93. The Morgan fingerprint density at radius 3 is 2.54 bits per heavy atom. The first-order chi connectivity index (χ1) is 11.4. The first kappa shape index (κ1) is 17.5. The summed E-state index contributed by atoms with van der Waals surface area (Å²) in [6.07, 6.45) is 2.89. The summed E-state index contributed by atoms with van der Waals surface area (Å²) in [5.74, 6) is -0.122. The summed E-state index contributed by atoms with van der Waals surface area (Å²) < 4.78 is 12.2. The Morgan fingerprint density at radius 2 is 1.92 bits per heavy atom. The monoisotopic (exact) mass is 327 g/mol. The third-order valence-corrected chi connectivity index (χ3v) is 3.96. The number of aromatic nitrogens is 1. The molecule has 2 aromatic rings. The molecule has 0 aliphatic heterocycles. The number of carbonyl (C=O) groups is 2. The molecule has 2 rings (SSSR count). The van der Waals surface area contributed by atoms with Crippen LogP contribution in [0.4, 0.5) is 0 Å². The molecule has 126 valence electrons. The minimum atomic E-state index is -0.570. The number of nitrogens with zero attached hydrogens (tertiary/aromatic N) is 1. The molecule has 1 heterocycles. The maximum absolute atomic E-state index is 12.2. The molecule has 0 radical (unpaired) electrons. The number of carbonyl (C=O) groups excluding carboxylic acids is 2. The van der Waals surface area contributed by atoms with Gasteiger partial charge in [-0.05, 0) is 32.1 Å². The lowest BCUT2D eigenvalue weighted by atomic mass is 10.1. The van der Waals surface area contributed by atoms with Gasteiger partial charge in [0, 0.05) is 35.6 Å². The number of hydrogen-bond donors (Lipinski definition) is 0. The van der Waals surface area contributed by atoms with Crippen LogP contribution in [0.5, 0.6) is 5.75 Å². The van der Waals surface area contributed by atoms with Gasteiger partial charge < -0.3 is 14.0 Å². The molecule has 0 atom stereocenters. The zero-order valence-corrected chi connectivity index (χ0v) is 14.3. The van der Waals surface area contributed by atoms with Crippen molar-refractivity contribution in [3.8, 4) is 5.75 Å². The molecule has 1 aromatic heterocycles. The fourth-order valence-corrected chi connectivity index (χ4v) is 2.36. The highest BCUT2D eigenvalue weighted by atomic mass is 16.5. The smallest absolute Gasteiger partial charge is 0.331 e. The fourth-order valence-electron chi connectivity index (χ4n) is 2.36. The number of hydrogen-bond acceptors (Lipinski definition) is 4. The molecule has 5 nitrogen and oxygen atoms in total. The van der Waals surface area contributed by atoms with Crippen molar-refractivity contribution in [2.75, 3.05) is 13.7 Å². The Bertz CT molecular complexity index is 787. The SMILES string of the molecule is COc1ccccc1/C=C/C(=O)OCC(=O)c1cc(C)n(C)c1C. The van der Waals surface area contributed by atoms with Crippen molar-refractivity contribution >= 4 is 17.8 Å². The second kappa shape index (κ2) is 7.64. The summed E-state index contributed by atoms with van der Waals surface area (Å²) >= 11 is 0. The molecule has 0 N–H and O–H groups in total. The minimum Gasteiger partial charge on any atom is -0.496 e. The van der Waals surface area contributed by atoms with E-state index in [1.165, 1.54) is 6.08 Å². The Morgan fingerprint density at radius 1 is 1.21 bits per heavy atom. The number of aryl methyl sites for hydroxylation is 1. The van der Waals surface area contributed by atoms with Gasteiger partial charge in [0.1, 0.15) is 5.75 Å². The quantitative estimate of drug-likeness (QED) is 0.465. The lowest BCUT2D eigenvalue weighted by Crippen LogP contribution is -2.13. The van der Waals surface area contributed by atoms with Gasteiger partial charge in [0.05, 0.1) is 7.11 Å². The summed E-state index contributed by atoms with van der Waals surface area (Å²) in [6.45, 7) is 3.51. The van der Waals surface area contributed by atoms with Crippen LogP contribution in [0.3, 0.4) is 0 Å². The van der Waals surface area contributed by atoms with E-state index in [2.05, 4.69) is 0 Å². The molecular formula is C19H21NO4. The molecule has 0 unspecified atom stereocenters. The average Bonchev–Trinajstić information content (AvgIpc) is 2.85. The van der Waals surface area contributed by atoms with Crippen molar-refractivity contribution in [3.63, 3.8) is 0 Å². The Kier molecular flexibility index (Phi) is 5.58. The highest BCUT2D eigenvalue weighted by Gasteiger charge is 2.15. The molecule has 5 heteroatoms. The van der Waals surface area contributed by atoms with Crippen LogP contribution in [-0.4, -0.2) is 30.0 Å². The van der Waals surface area contributed by atoms with Crippen LogP contribution in [0.1, 0.15) is 27.3 Å². The standard InChI is InChI=1S/C19H21NO4/c1-13-11-16(14(2)20(13)3)17(21)12-24-19(22)10-9-15-7-5-6-8-18(15)23-4/h5-11H,12H2,1-4H3/b10-9+. The van der Waals surface area contributed by atoms with E-state index < -0.39 is 5.97 Å². The Labute approximate surface area is 141 Å². The van der Waals surface area contributed by atoms with E-state index in [9.17, 15) is 9.59 Å². The summed E-state index contributed by atoms with van der Waals surface area (Å²) in [7, 11) is 3.46. The molecule has 1 aromatic carbocycles. The number of methoxy groups -OCH3 is 1. The van der Waals surface area contributed by atoms with Crippen LogP contribution in [0.15, 0.2) is 36.4 Å². The molecule has 0 saturated carbocycles. The predicted octanol–water partition coefficient (Wildman–Crippen LogP) is 3.09. The highest BCUT2D eigenvalue weighted by molar-refractivity contribution is 6.00. The maximum Gasteiger partial charge on any atom is 0.331 e. The van der Waals surface area contributed by atoms with Gasteiger partial charge in [0.25, 0.3) is 0 Å². The van der Waals surface area contributed by atoms with Crippen molar-refractivity contribution in [1.29, 1.82) is 0 Å². The normalized spacial score (nSPS) is 10.8. The summed E-state index contributed by atoms with van der Waals surface area (Å²) in [5.41, 5.74) is 3.19. The van der Waals surface area contributed by atoms with Gasteiger partial charge in [-0.3, -0.25) is 4.79 Å². The van der Waals surface area contributed by atoms with E-state index in [1.54, 1.807) is 25.3 Å². The van der Waals surface area contributed by atoms with Crippen molar-refractivity contribution < 1.29 is 19.1 Å². The van der Waals surface area contributed by atoms with Crippen LogP contribution in [0.2, 0.25) is 0 Å². The Balaban J connectivity index is 1.96. The maximum atomic E-state index is 12.2. The molecule has 0 aliphatic rings. The van der Waals surface area contributed by atoms with Crippen LogP contribution in [0.25, 0.3) is 6.08 Å². The summed E-state index contributed by atoms with van der Waals surface area (Å²) in [4.78, 5) is 24.0. The van der Waals surface area contributed by atoms with Gasteiger partial charge in [-0.25, -0.2) is 4.79 Å². The molecule has 0 bridgehead atoms. The summed E-state index contributed by atoms with van der Waals surface area (Å²) in [6, 6.07) is 9.12. The largest absolute Gasteiger partial charge is 0.496 e. The van der Waals surface area contributed by atoms with Gasteiger partial charge in [-0.2, -0.15) is 0 Å². The van der Waals surface area contributed by atoms with E-state index in [1.807, 2.05) is 43.7 Å².